The fourth-order valence-electron chi connectivity index (χ4n) is 8.46. The van der Waals surface area contributed by atoms with Gasteiger partial charge in [0.1, 0.15) is 5.58 Å². The van der Waals surface area contributed by atoms with Gasteiger partial charge in [0, 0.05) is 69.5 Å². The molecular formula is C51H30N4OS. The molecule has 57 heavy (non-hydrogen) atoms. The molecule has 0 bridgehead atoms. The van der Waals surface area contributed by atoms with Crippen LogP contribution in [0.3, 0.4) is 0 Å². The van der Waals surface area contributed by atoms with Crippen molar-refractivity contribution in [1.82, 2.24) is 19.5 Å². The molecule has 0 unspecified atom stereocenters. The Morgan fingerprint density at radius 3 is 1.58 bits per heavy atom. The van der Waals surface area contributed by atoms with Gasteiger partial charge in [-0.3, -0.25) is 0 Å². The maximum Gasteiger partial charge on any atom is 0.164 e. The molecule has 0 amide bonds. The van der Waals surface area contributed by atoms with Gasteiger partial charge in [-0.05, 0) is 36.4 Å². The van der Waals surface area contributed by atoms with Crippen LogP contribution in [0.25, 0.3) is 115 Å². The Hall–Kier alpha value is -7.41. The lowest BCUT2D eigenvalue weighted by atomic mass is 10.00. The molecule has 0 saturated heterocycles. The van der Waals surface area contributed by atoms with E-state index < -0.39 is 0 Å². The Morgan fingerprint density at radius 1 is 0.386 bits per heavy atom. The summed E-state index contributed by atoms with van der Waals surface area (Å²) >= 11 is 1.81. The zero-order valence-corrected chi connectivity index (χ0v) is 31.2. The fraction of sp³-hybridized carbons (Fsp3) is 0. The van der Waals surface area contributed by atoms with Crippen LogP contribution in [0.5, 0.6) is 0 Å². The van der Waals surface area contributed by atoms with Crippen molar-refractivity contribution in [2.75, 3.05) is 0 Å². The van der Waals surface area contributed by atoms with Gasteiger partial charge in [-0.25, -0.2) is 15.0 Å². The number of hydrogen-bond acceptors (Lipinski definition) is 5. The number of hydrogen-bond donors (Lipinski definition) is 0. The summed E-state index contributed by atoms with van der Waals surface area (Å²) in [5.41, 5.74) is 10.2. The van der Waals surface area contributed by atoms with Crippen LogP contribution < -0.4 is 0 Å². The number of para-hydroxylation sites is 4. The van der Waals surface area contributed by atoms with E-state index in [0.29, 0.717) is 17.5 Å². The lowest BCUT2D eigenvalue weighted by Crippen LogP contribution is -2.00. The normalized spacial score (nSPS) is 11.9. The molecule has 0 radical (unpaired) electrons. The predicted octanol–water partition coefficient (Wildman–Crippen LogP) is 13.9. The first-order valence-electron chi connectivity index (χ1n) is 19.0. The Labute approximate surface area is 330 Å². The van der Waals surface area contributed by atoms with Crippen molar-refractivity contribution >= 4 is 75.3 Å². The number of aromatic nitrogens is 4. The van der Waals surface area contributed by atoms with Gasteiger partial charge in [-0.2, -0.15) is 0 Å². The van der Waals surface area contributed by atoms with E-state index in [1.165, 1.54) is 30.9 Å². The summed E-state index contributed by atoms with van der Waals surface area (Å²) < 4.78 is 11.8. The van der Waals surface area contributed by atoms with Crippen LogP contribution in [-0.4, -0.2) is 19.5 Å². The maximum absolute atomic E-state index is 7.05. The van der Waals surface area contributed by atoms with Crippen molar-refractivity contribution in [3.63, 3.8) is 0 Å². The Balaban J connectivity index is 1.03. The first-order chi connectivity index (χ1) is 28.3. The second kappa shape index (κ2) is 12.6. The molecule has 0 aliphatic carbocycles. The van der Waals surface area contributed by atoms with Crippen molar-refractivity contribution in [2.45, 2.75) is 0 Å². The topological polar surface area (TPSA) is 56.7 Å². The number of furan rings is 1. The van der Waals surface area contributed by atoms with Crippen LogP contribution >= 0.6 is 11.3 Å². The summed E-state index contributed by atoms with van der Waals surface area (Å²) in [4.78, 5) is 14.9. The molecule has 266 valence electrons. The van der Waals surface area contributed by atoms with Gasteiger partial charge < -0.3 is 8.98 Å². The standard InChI is InChI=1S/C51H30N4OS/c1-3-14-31(15-4-1)49-52-50(32-16-5-2-6-17-32)54-51(53-49)33-28-29-45-41(30-33)40-24-12-23-39(48(40)57-45)38-21-11-20-36-37-22-13-27-44(47(37)56-46(36)38)55-42-25-9-7-18-34(42)35-19-8-10-26-43(35)55/h1-30H. The highest BCUT2D eigenvalue weighted by Gasteiger charge is 2.21. The van der Waals surface area contributed by atoms with Crippen LogP contribution in [0.15, 0.2) is 186 Å². The minimum atomic E-state index is 0.645. The SMILES string of the molecule is c1ccc(-c2nc(-c3ccccc3)nc(-c3ccc4sc5c(-c6cccc7c6oc6c(-n8c9ccccc9c9ccccc98)cccc67)cccc5c4c3)n2)cc1. The molecule has 4 heterocycles. The lowest BCUT2D eigenvalue weighted by Gasteiger charge is -2.08. The van der Waals surface area contributed by atoms with Crippen LogP contribution in [0.2, 0.25) is 0 Å². The Kier molecular flexibility index (Phi) is 7.03. The number of fused-ring (bicyclic) bond motifs is 9. The zero-order valence-electron chi connectivity index (χ0n) is 30.4. The zero-order chi connectivity index (χ0) is 37.5. The summed E-state index contributed by atoms with van der Waals surface area (Å²) in [6.45, 7) is 0. The van der Waals surface area contributed by atoms with E-state index >= 15 is 0 Å². The Morgan fingerprint density at radius 2 is 0.912 bits per heavy atom. The monoisotopic (exact) mass is 746 g/mol. The predicted molar refractivity (Wildman–Crippen MR) is 236 cm³/mol. The van der Waals surface area contributed by atoms with Crippen molar-refractivity contribution in [3.8, 4) is 51.0 Å². The highest BCUT2D eigenvalue weighted by atomic mass is 32.1. The van der Waals surface area contributed by atoms with Crippen molar-refractivity contribution in [3.05, 3.63) is 182 Å². The van der Waals surface area contributed by atoms with Crippen molar-refractivity contribution in [1.29, 1.82) is 0 Å². The first-order valence-corrected chi connectivity index (χ1v) is 19.8. The molecule has 0 N–H and O–H groups in total. The van der Waals surface area contributed by atoms with Gasteiger partial charge in [0.15, 0.2) is 23.1 Å². The second-order valence-electron chi connectivity index (χ2n) is 14.3. The minimum Gasteiger partial charge on any atom is -0.453 e. The molecule has 0 saturated carbocycles. The molecule has 0 atom stereocenters. The molecule has 8 aromatic carbocycles. The van der Waals surface area contributed by atoms with Gasteiger partial charge in [-0.1, -0.05) is 146 Å². The van der Waals surface area contributed by atoms with Crippen LogP contribution in [0, 0.1) is 0 Å². The maximum atomic E-state index is 7.05. The summed E-state index contributed by atoms with van der Waals surface area (Å²) in [6, 6.07) is 63.6. The third-order valence-electron chi connectivity index (χ3n) is 11.1. The average molecular weight is 747 g/mol. The molecule has 12 aromatic rings. The van der Waals surface area contributed by atoms with E-state index in [2.05, 4.69) is 126 Å². The summed E-state index contributed by atoms with van der Waals surface area (Å²) in [6.07, 6.45) is 0. The molecule has 6 heteroatoms. The minimum absolute atomic E-state index is 0.645. The number of benzene rings is 8. The lowest BCUT2D eigenvalue weighted by molar-refractivity contribution is 0.667. The third-order valence-corrected chi connectivity index (χ3v) is 12.3. The summed E-state index contributed by atoms with van der Waals surface area (Å²) in [5, 5.41) is 7.01. The summed E-state index contributed by atoms with van der Waals surface area (Å²) in [5.74, 6) is 1.95. The smallest absolute Gasteiger partial charge is 0.164 e. The fourth-order valence-corrected chi connectivity index (χ4v) is 9.67. The number of rotatable bonds is 5. The Bertz CT molecular complexity index is 3420. The molecule has 4 aromatic heterocycles. The van der Waals surface area contributed by atoms with E-state index in [1.54, 1.807) is 0 Å². The van der Waals surface area contributed by atoms with E-state index in [9.17, 15) is 0 Å². The van der Waals surface area contributed by atoms with E-state index in [1.807, 2.05) is 72.0 Å². The van der Waals surface area contributed by atoms with Gasteiger partial charge in [0.05, 0.1) is 16.7 Å². The van der Waals surface area contributed by atoms with Gasteiger partial charge >= 0.3 is 0 Å². The van der Waals surface area contributed by atoms with Gasteiger partial charge in [0.2, 0.25) is 0 Å². The average Bonchev–Trinajstić information content (AvgIpc) is 3.96. The van der Waals surface area contributed by atoms with E-state index in [0.717, 1.165) is 66.5 Å². The van der Waals surface area contributed by atoms with Gasteiger partial charge in [0.25, 0.3) is 0 Å². The van der Waals surface area contributed by atoms with Crippen LogP contribution in [0.4, 0.5) is 0 Å². The molecule has 0 aliphatic rings. The highest BCUT2D eigenvalue weighted by molar-refractivity contribution is 7.26. The molecule has 0 fully saturated rings. The highest BCUT2D eigenvalue weighted by Crippen LogP contribution is 2.45. The van der Waals surface area contributed by atoms with Crippen LogP contribution in [0.1, 0.15) is 0 Å². The first kappa shape index (κ1) is 31.9. The molecule has 0 aliphatic heterocycles. The number of thiophene rings is 1. The number of nitrogens with zero attached hydrogens (tertiary/aromatic N) is 4. The van der Waals surface area contributed by atoms with Crippen molar-refractivity contribution < 1.29 is 4.42 Å². The largest absolute Gasteiger partial charge is 0.453 e. The molecule has 12 rings (SSSR count). The molecular weight excluding hydrogens is 717 g/mol. The van der Waals surface area contributed by atoms with Crippen molar-refractivity contribution in [2.24, 2.45) is 0 Å². The second-order valence-corrected chi connectivity index (χ2v) is 15.4. The third kappa shape index (κ3) is 4.98. The van der Waals surface area contributed by atoms with Crippen LogP contribution in [-0.2, 0) is 0 Å². The summed E-state index contributed by atoms with van der Waals surface area (Å²) in [7, 11) is 0. The van der Waals surface area contributed by atoms with E-state index in [-0.39, 0.29) is 0 Å². The quantitative estimate of drug-likeness (QED) is 0.176. The molecule has 5 nitrogen and oxygen atoms in total. The molecule has 0 spiro atoms. The van der Waals surface area contributed by atoms with E-state index in [4.69, 9.17) is 19.4 Å². The van der Waals surface area contributed by atoms with Gasteiger partial charge in [-0.15, -0.1) is 11.3 Å².